The number of piperidine rings is 1. The largest absolute Gasteiger partial charge is 0.480 e. The molecule has 1 aliphatic heterocycles. The van der Waals surface area contributed by atoms with E-state index < -0.39 is 12.0 Å². The quantitative estimate of drug-likeness (QED) is 0.880. The minimum absolute atomic E-state index is 0.420. The van der Waals surface area contributed by atoms with E-state index in [1.807, 2.05) is 24.3 Å². The smallest absolute Gasteiger partial charge is 0.326 e. The second kappa shape index (κ2) is 4.33. The number of carbonyl (C=O) groups is 1. The van der Waals surface area contributed by atoms with Crippen LogP contribution < -0.4 is 4.90 Å². The molecule has 5 nitrogen and oxygen atoms in total. The van der Waals surface area contributed by atoms with Gasteiger partial charge in [0.1, 0.15) is 11.6 Å². The molecule has 0 unspecified atom stereocenters. The van der Waals surface area contributed by atoms with Gasteiger partial charge in [-0.3, -0.25) is 0 Å². The molecule has 0 spiro atoms. The van der Waals surface area contributed by atoms with E-state index in [0.29, 0.717) is 24.6 Å². The summed E-state index contributed by atoms with van der Waals surface area (Å²) in [7, 11) is 0. The third kappa shape index (κ3) is 1.81. The van der Waals surface area contributed by atoms with E-state index in [4.69, 9.17) is 4.42 Å². The highest BCUT2D eigenvalue weighted by atomic mass is 16.4. The Morgan fingerprint density at radius 1 is 1.39 bits per heavy atom. The summed E-state index contributed by atoms with van der Waals surface area (Å²) in [5, 5.41) is 9.23. The molecule has 1 atom stereocenters. The fraction of sp³-hybridized carbons (Fsp3) is 0.385. The van der Waals surface area contributed by atoms with Crippen LogP contribution in [-0.4, -0.2) is 28.6 Å². The van der Waals surface area contributed by atoms with Gasteiger partial charge >= 0.3 is 5.97 Å². The zero-order chi connectivity index (χ0) is 12.5. The second-order valence-electron chi connectivity index (χ2n) is 4.51. The lowest BCUT2D eigenvalue weighted by Gasteiger charge is -2.31. The summed E-state index contributed by atoms with van der Waals surface area (Å²) in [5.74, 6) is -0.808. The van der Waals surface area contributed by atoms with Crippen LogP contribution in [0.2, 0.25) is 0 Å². The van der Waals surface area contributed by atoms with Gasteiger partial charge in [-0.25, -0.2) is 4.79 Å². The third-order valence-corrected chi connectivity index (χ3v) is 3.32. The number of hydrogen-bond donors (Lipinski definition) is 1. The van der Waals surface area contributed by atoms with E-state index in [-0.39, 0.29) is 0 Å². The van der Waals surface area contributed by atoms with Gasteiger partial charge < -0.3 is 14.4 Å². The number of nitrogens with zero attached hydrogens (tertiary/aromatic N) is 2. The Morgan fingerprint density at radius 2 is 2.22 bits per heavy atom. The maximum atomic E-state index is 11.2. The molecule has 3 rings (SSSR count). The minimum atomic E-state index is -0.808. The van der Waals surface area contributed by atoms with Crippen molar-refractivity contribution in [1.29, 1.82) is 0 Å². The molecule has 1 N–H and O–H groups in total. The Hall–Kier alpha value is -2.04. The van der Waals surface area contributed by atoms with E-state index >= 15 is 0 Å². The van der Waals surface area contributed by atoms with Gasteiger partial charge in [0.05, 0.1) is 0 Å². The molecule has 94 valence electrons. The van der Waals surface area contributed by atoms with Crippen LogP contribution in [0.3, 0.4) is 0 Å². The fourth-order valence-corrected chi connectivity index (χ4v) is 2.40. The number of aliphatic carboxylic acids is 1. The van der Waals surface area contributed by atoms with E-state index in [1.54, 1.807) is 4.90 Å². The molecule has 0 amide bonds. The van der Waals surface area contributed by atoms with Crippen molar-refractivity contribution in [3.63, 3.8) is 0 Å². The molecule has 0 bridgehead atoms. The monoisotopic (exact) mass is 246 g/mol. The number of anilines is 1. The van der Waals surface area contributed by atoms with Crippen LogP contribution in [0.5, 0.6) is 0 Å². The Kier molecular flexibility index (Phi) is 2.66. The Morgan fingerprint density at radius 3 is 3.00 bits per heavy atom. The lowest BCUT2D eigenvalue weighted by molar-refractivity contribution is -0.139. The average molecular weight is 246 g/mol. The summed E-state index contributed by atoms with van der Waals surface area (Å²) < 4.78 is 5.64. The van der Waals surface area contributed by atoms with Crippen molar-refractivity contribution in [3.8, 4) is 0 Å². The zero-order valence-corrected chi connectivity index (χ0v) is 9.87. The molecule has 5 heteroatoms. The van der Waals surface area contributed by atoms with E-state index in [0.717, 1.165) is 18.4 Å². The number of carboxylic acids is 1. The Balaban J connectivity index is 1.98. The Bertz CT molecular complexity index is 545. The molecule has 2 aromatic rings. The molecule has 0 radical (unpaired) electrons. The molecule has 0 saturated carbocycles. The molecule has 1 aromatic heterocycles. The van der Waals surface area contributed by atoms with Crippen molar-refractivity contribution in [3.05, 3.63) is 24.3 Å². The van der Waals surface area contributed by atoms with Crippen molar-refractivity contribution >= 4 is 23.1 Å². The van der Waals surface area contributed by atoms with Crippen LogP contribution in [0.25, 0.3) is 11.1 Å². The predicted molar refractivity (Wildman–Crippen MR) is 66.6 cm³/mol. The summed E-state index contributed by atoms with van der Waals surface area (Å²) in [6, 6.07) is 7.37. The van der Waals surface area contributed by atoms with Gasteiger partial charge in [0, 0.05) is 6.54 Å². The molecule has 0 aliphatic carbocycles. The molecule has 2 heterocycles. The number of carboxylic acid groups (broad SMARTS) is 1. The van der Waals surface area contributed by atoms with Crippen LogP contribution in [0.1, 0.15) is 19.3 Å². The van der Waals surface area contributed by atoms with Gasteiger partial charge in [0.15, 0.2) is 5.58 Å². The van der Waals surface area contributed by atoms with E-state index in [1.165, 1.54) is 0 Å². The van der Waals surface area contributed by atoms with Gasteiger partial charge in [-0.1, -0.05) is 12.1 Å². The molecule has 1 saturated heterocycles. The number of rotatable bonds is 2. The van der Waals surface area contributed by atoms with Gasteiger partial charge in [0.2, 0.25) is 0 Å². The van der Waals surface area contributed by atoms with Gasteiger partial charge in [-0.2, -0.15) is 4.98 Å². The van der Waals surface area contributed by atoms with Gasteiger partial charge in [0.25, 0.3) is 6.01 Å². The van der Waals surface area contributed by atoms with Gasteiger partial charge in [-0.05, 0) is 31.4 Å². The highest BCUT2D eigenvalue weighted by Gasteiger charge is 2.31. The van der Waals surface area contributed by atoms with Crippen LogP contribution in [-0.2, 0) is 4.79 Å². The number of hydrogen-bond acceptors (Lipinski definition) is 4. The molecule has 1 fully saturated rings. The lowest BCUT2D eigenvalue weighted by atomic mass is 10.0. The third-order valence-electron chi connectivity index (χ3n) is 3.32. The van der Waals surface area contributed by atoms with Crippen LogP contribution in [0, 0.1) is 0 Å². The predicted octanol–water partition coefficient (Wildman–Crippen LogP) is 2.27. The van der Waals surface area contributed by atoms with Gasteiger partial charge in [-0.15, -0.1) is 0 Å². The average Bonchev–Trinajstić information content (AvgIpc) is 2.82. The first kappa shape index (κ1) is 11.1. The van der Waals surface area contributed by atoms with Crippen molar-refractivity contribution in [2.45, 2.75) is 25.3 Å². The number of aromatic nitrogens is 1. The number of fused-ring (bicyclic) bond motifs is 1. The Labute approximate surface area is 104 Å². The highest BCUT2D eigenvalue weighted by Crippen LogP contribution is 2.27. The van der Waals surface area contributed by atoms with Crippen molar-refractivity contribution in [2.24, 2.45) is 0 Å². The highest BCUT2D eigenvalue weighted by molar-refractivity contribution is 5.79. The molecule has 18 heavy (non-hydrogen) atoms. The van der Waals surface area contributed by atoms with Crippen LogP contribution >= 0.6 is 0 Å². The summed E-state index contributed by atoms with van der Waals surface area (Å²) >= 11 is 0. The summed E-state index contributed by atoms with van der Waals surface area (Å²) in [6.07, 6.45) is 2.56. The summed E-state index contributed by atoms with van der Waals surface area (Å²) in [4.78, 5) is 17.4. The molecular weight excluding hydrogens is 232 g/mol. The number of oxazole rings is 1. The molecular formula is C13H14N2O3. The number of benzene rings is 1. The summed E-state index contributed by atoms with van der Waals surface area (Å²) in [5.41, 5.74) is 1.46. The van der Waals surface area contributed by atoms with E-state index in [2.05, 4.69) is 4.98 Å². The minimum Gasteiger partial charge on any atom is -0.480 e. The maximum absolute atomic E-state index is 11.2. The number of para-hydroxylation sites is 2. The maximum Gasteiger partial charge on any atom is 0.326 e. The van der Waals surface area contributed by atoms with Crippen molar-refractivity contribution in [2.75, 3.05) is 11.4 Å². The first-order chi connectivity index (χ1) is 8.75. The fourth-order valence-electron chi connectivity index (χ4n) is 2.40. The molecule has 1 aliphatic rings. The topological polar surface area (TPSA) is 66.6 Å². The summed E-state index contributed by atoms with van der Waals surface area (Å²) in [6.45, 7) is 0.684. The first-order valence-corrected chi connectivity index (χ1v) is 6.11. The van der Waals surface area contributed by atoms with Crippen molar-refractivity contribution in [1.82, 2.24) is 4.98 Å². The normalized spacial score (nSPS) is 20.2. The lowest BCUT2D eigenvalue weighted by Crippen LogP contribution is -2.44. The zero-order valence-electron chi connectivity index (χ0n) is 9.87. The molecule has 1 aromatic carbocycles. The van der Waals surface area contributed by atoms with Crippen LogP contribution in [0.4, 0.5) is 6.01 Å². The van der Waals surface area contributed by atoms with Crippen molar-refractivity contribution < 1.29 is 14.3 Å². The van der Waals surface area contributed by atoms with E-state index in [9.17, 15) is 9.90 Å². The first-order valence-electron chi connectivity index (χ1n) is 6.11. The van der Waals surface area contributed by atoms with Crippen LogP contribution in [0.15, 0.2) is 28.7 Å². The standard InChI is InChI=1S/C13H14N2O3/c16-12(17)10-6-3-4-8-15(10)13-14-9-5-1-2-7-11(9)18-13/h1-2,5,7,10H,3-4,6,8H2,(H,16,17)/t10-/m1/s1. The second-order valence-corrected chi connectivity index (χ2v) is 4.51. The SMILES string of the molecule is O=C(O)[C@H]1CCCCN1c1nc2ccccc2o1.